The molecule has 19 heavy (non-hydrogen) atoms. The van der Waals surface area contributed by atoms with Crippen LogP contribution in [0.15, 0.2) is 25.9 Å². The molecule has 0 aliphatic rings. The number of hydrogen-bond donors (Lipinski definition) is 2. The van der Waals surface area contributed by atoms with Gasteiger partial charge in [-0.2, -0.15) is 0 Å². The molecule has 5 nitrogen and oxygen atoms in total. The van der Waals surface area contributed by atoms with Crippen LogP contribution in [-0.2, 0) is 6.42 Å². The van der Waals surface area contributed by atoms with Crippen molar-refractivity contribution in [1.82, 2.24) is 14.9 Å². The van der Waals surface area contributed by atoms with Crippen molar-refractivity contribution in [2.75, 3.05) is 20.6 Å². The molecule has 3 rings (SSSR count). The molecule has 1 aromatic carbocycles. The van der Waals surface area contributed by atoms with Crippen molar-refractivity contribution in [1.29, 1.82) is 0 Å². The van der Waals surface area contributed by atoms with Gasteiger partial charge in [0, 0.05) is 22.6 Å². The smallest absolute Gasteiger partial charge is 0.408 e. The zero-order chi connectivity index (χ0) is 13.6. The Labute approximate surface area is 117 Å². The Balaban J connectivity index is 2.26. The molecule has 0 radical (unpaired) electrons. The highest BCUT2D eigenvalue weighted by atomic mass is 79.9. The van der Waals surface area contributed by atoms with Crippen LogP contribution < -0.4 is 5.76 Å². The molecule has 0 spiro atoms. The molecular weight excluding hydrogens is 310 g/mol. The monoisotopic (exact) mass is 323 g/mol. The Morgan fingerprint density at radius 3 is 2.89 bits per heavy atom. The molecule has 0 fully saturated rings. The quantitative estimate of drug-likeness (QED) is 0.778. The molecule has 0 atom stereocenters. The summed E-state index contributed by atoms with van der Waals surface area (Å²) in [6, 6.07) is 1.81. The summed E-state index contributed by atoms with van der Waals surface area (Å²) in [6.07, 6.45) is 2.90. The number of halogens is 1. The maximum absolute atomic E-state index is 11.4. The van der Waals surface area contributed by atoms with E-state index in [1.165, 1.54) is 5.56 Å². The largest absolute Gasteiger partial charge is 0.417 e. The molecule has 2 heterocycles. The third-order valence-electron chi connectivity index (χ3n) is 3.21. The fourth-order valence-corrected chi connectivity index (χ4v) is 2.81. The first-order valence-electron chi connectivity index (χ1n) is 6.02. The van der Waals surface area contributed by atoms with Crippen molar-refractivity contribution < 1.29 is 4.42 Å². The summed E-state index contributed by atoms with van der Waals surface area (Å²) in [5, 5.41) is 1.03. The van der Waals surface area contributed by atoms with Gasteiger partial charge in [-0.3, -0.25) is 4.98 Å². The van der Waals surface area contributed by atoms with E-state index in [4.69, 9.17) is 4.42 Å². The van der Waals surface area contributed by atoms with Crippen LogP contribution in [0, 0.1) is 0 Å². The van der Waals surface area contributed by atoms with Crippen molar-refractivity contribution in [3.63, 3.8) is 0 Å². The molecule has 3 aromatic rings. The first-order valence-corrected chi connectivity index (χ1v) is 6.81. The van der Waals surface area contributed by atoms with E-state index in [1.54, 1.807) is 0 Å². The fourth-order valence-electron chi connectivity index (χ4n) is 2.29. The average molecular weight is 324 g/mol. The molecule has 0 bridgehead atoms. The predicted molar refractivity (Wildman–Crippen MR) is 78.6 cm³/mol. The summed E-state index contributed by atoms with van der Waals surface area (Å²) < 4.78 is 6.04. The number of fused-ring (bicyclic) bond motifs is 3. The molecule has 6 heteroatoms. The van der Waals surface area contributed by atoms with E-state index >= 15 is 0 Å². The number of hydrogen-bond acceptors (Lipinski definition) is 3. The zero-order valence-corrected chi connectivity index (χ0v) is 12.3. The van der Waals surface area contributed by atoms with Gasteiger partial charge in [-0.05, 0) is 48.1 Å². The summed E-state index contributed by atoms with van der Waals surface area (Å²) in [6.45, 7) is 0.947. The Morgan fingerprint density at radius 1 is 1.37 bits per heavy atom. The summed E-state index contributed by atoms with van der Waals surface area (Å²) >= 11 is 3.50. The van der Waals surface area contributed by atoms with Gasteiger partial charge in [-0.25, -0.2) is 4.79 Å². The second-order valence-corrected chi connectivity index (χ2v) is 5.72. The van der Waals surface area contributed by atoms with E-state index in [1.807, 2.05) is 26.4 Å². The van der Waals surface area contributed by atoms with Gasteiger partial charge in [0.1, 0.15) is 0 Å². The normalized spacial score (nSPS) is 12.0. The highest BCUT2D eigenvalue weighted by molar-refractivity contribution is 9.10. The van der Waals surface area contributed by atoms with Gasteiger partial charge in [-0.1, -0.05) is 0 Å². The van der Waals surface area contributed by atoms with Crippen molar-refractivity contribution in [2.45, 2.75) is 6.42 Å². The van der Waals surface area contributed by atoms with Gasteiger partial charge in [0.05, 0.1) is 11.0 Å². The molecule has 2 aromatic heterocycles. The van der Waals surface area contributed by atoms with E-state index in [2.05, 4.69) is 30.8 Å². The number of aromatic amines is 2. The third kappa shape index (κ3) is 2.11. The number of H-pyrrole nitrogens is 2. The van der Waals surface area contributed by atoms with E-state index in [0.717, 1.165) is 33.9 Å². The van der Waals surface area contributed by atoms with Crippen molar-refractivity contribution in [3.05, 3.63) is 32.8 Å². The van der Waals surface area contributed by atoms with Crippen LogP contribution in [0.1, 0.15) is 5.56 Å². The molecule has 0 amide bonds. The van der Waals surface area contributed by atoms with E-state index in [-0.39, 0.29) is 0 Å². The number of rotatable bonds is 3. The second-order valence-electron chi connectivity index (χ2n) is 4.86. The fraction of sp³-hybridized carbons (Fsp3) is 0.308. The summed E-state index contributed by atoms with van der Waals surface area (Å²) in [7, 11) is 4.08. The van der Waals surface area contributed by atoms with Crippen LogP contribution in [0.3, 0.4) is 0 Å². The molecule has 0 unspecified atom stereocenters. The van der Waals surface area contributed by atoms with Gasteiger partial charge >= 0.3 is 5.76 Å². The molecule has 2 N–H and O–H groups in total. The first kappa shape index (κ1) is 12.5. The lowest BCUT2D eigenvalue weighted by molar-refractivity contribution is 0.414. The highest BCUT2D eigenvalue weighted by Crippen LogP contribution is 2.32. The number of nitrogens with one attached hydrogen (secondary N) is 2. The lowest BCUT2D eigenvalue weighted by Gasteiger charge is -2.08. The van der Waals surface area contributed by atoms with E-state index in [0.29, 0.717) is 5.58 Å². The van der Waals surface area contributed by atoms with Crippen LogP contribution in [0.5, 0.6) is 0 Å². The minimum atomic E-state index is -0.422. The second kappa shape index (κ2) is 4.54. The highest BCUT2D eigenvalue weighted by Gasteiger charge is 2.14. The topological polar surface area (TPSA) is 65.0 Å². The Kier molecular flexibility index (Phi) is 2.99. The molecule has 0 saturated carbocycles. The molecule has 0 aliphatic heterocycles. The Morgan fingerprint density at radius 2 is 2.16 bits per heavy atom. The van der Waals surface area contributed by atoms with E-state index < -0.39 is 5.76 Å². The summed E-state index contributed by atoms with van der Waals surface area (Å²) in [4.78, 5) is 19.5. The van der Waals surface area contributed by atoms with Crippen LogP contribution in [0.25, 0.3) is 22.0 Å². The molecule has 100 valence electrons. The van der Waals surface area contributed by atoms with Gasteiger partial charge < -0.3 is 14.3 Å². The maximum atomic E-state index is 11.4. The van der Waals surface area contributed by atoms with Crippen molar-refractivity contribution in [2.24, 2.45) is 0 Å². The van der Waals surface area contributed by atoms with Gasteiger partial charge in [0.25, 0.3) is 0 Å². The van der Waals surface area contributed by atoms with Gasteiger partial charge in [-0.15, -0.1) is 0 Å². The number of oxazole rings is 1. The van der Waals surface area contributed by atoms with Crippen molar-refractivity contribution in [3.8, 4) is 0 Å². The van der Waals surface area contributed by atoms with Gasteiger partial charge in [0.15, 0.2) is 5.58 Å². The lowest BCUT2D eigenvalue weighted by Crippen LogP contribution is -2.14. The number of benzene rings is 1. The number of nitrogens with zero attached hydrogens (tertiary/aromatic N) is 1. The Bertz CT molecular complexity index is 797. The van der Waals surface area contributed by atoms with Crippen LogP contribution in [0.2, 0.25) is 0 Å². The van der Waals surface area contributed by atoms with E-state index in [9.17, 15) is 4.79 Å². The zero-order valence-electron chi connectivity index (χ0n) is 10.7. The van der Waals surface area contributed by atoms with Crippen LogP contribution in [0.4, 0.5) is 0 Å². The van der Waals surface area contributed by atoms with Crippen molar-refractivity contribution >= 4 is 37.9 Å². The SMILES string of the molecule is CN(C)CCc1c[nH]c2c(Br)cc3oc(=O)[nH]c3c12. The average Bonchev–Trinajstić information content (AvgIpc) is 2.89. The Hall–Kier alpha value is -1.53. The number of likely N-dealkylation sites (N-methyl/N-ethyl adjacent to an activating group) is 1. The van der Waals surface area contributed by atoms with Crippen LogP contribution in [-0.4, -0.2) is 35.5 Å². The minimum Gasteiger partial charge on any atom is -0.408 e. The van der Waals surface area contributed by atoms with Crippen LogP contribution >= 0.6 is 15.9 Å². The summed E-state index contributed by atoms with van der Waals surface area (Å²) in [5.74, 6) is -0.422. The number of aromatic nitrogens is 2. The molecule has 0 aliphatic carbocycles. The van der Waals surface area contributed by atoms with Gasteiger partial charge in [0.2, 0.25) is 0 Å². The first-order chi connectivity index (χ1) is 9.06. The molecular formula is C13H14BrN3O2. The maximum Gasteiger partial charge on any atom is 0.417 e. The molecule has 0 saturated heterocycles. The predicted octanol–water partition coefficient (Wildman–Crippen LogP) is 2.47. The third-order valence-corrected chi connectivity index (χ3v) is 3.84. The standard InChI is InChI=1S/C13H14BrN3O2/c1-17(2)4-3-7-6-15-11-8(14)5-9-12(10(7)11)16-13(18)19-9/h5-6,15H,3-4H2,1-2H3,(H,16,18). The lowest BCUT2D eigenvalue weighted by atomic mass is 10.1. The summed E-state index contributed by atoms with van der Waals surface area (Å²) in [5.41, 5.74) is 3.50. The minimum absolute atomic E-state index is 0.422.